The highest BCUT2D eigenvalue weighted by Crippen LogP contribution is 2.41. The molecule has 1 aromatic carbocycles. The van der Waals surface area contributed by atoms with Crippen molar-refractivity contribution < 1.29 is 14.3 Å². The fourth-order valence-electron chi connectivity index (χ4n) is 2.87. The van der Waals surface area contributed by atoms with Crippen molar-refractivity contribution in [3.63, 3.8) is 0 Å². The summed E-state index contributed by atoms with van der Waals surface area (Å²) in [7, 11) is 1.62. The quantitative estimate of drug-likeness (QED) is 0.796. The highest BCUT2D eigenvalue weighted by atomic mass is 79.9. The molecule has 1 aromatic rings. The van der Waals surface area contributed by atoms with Crippen LogP contribution in [0.5, 0.6) is 5.75 Å². The Morgan fingerprint density at radius 1 is 1.32 bits per heavy atom. The van der Waals surface area contributed by atoms with E-state index in [-0.39, 0.29) is 28.5 Å². The van der Waals surface area contributed by atoms with Crippen molar-refractivity contribution in [2.75, 3.05) is 7.11 Å². The Bertz CT molecular complexity index is 528. The third kappa shape index (κ3) is 1.96. The Kier molecular flexibility index (Phi) is 3.09. The summed E-state index contributed by atoms with van der Waals surface area (Å²) in [4.78, 5) is 25.7. The second-order valence-corrected chi connectivity index (χ2v) is 6.04. The van der Waals surface area contributed by atoms with Crippen LogP contribution in [0.15, 0.2) is 24.3 Å². The summed E-state index contributed by atoms with van der Waals surface area (Å²) < 4.78 is 5.10. The Morgan fingerprint density at radius 3 is 2.58 bits per heavy atom. The van der Waals surface area contributed by atoms with Gasteiger partial charge in [-0.2, -0.15) is 0 Å². The smallest absolute Gasteiger partial charge is 0.228 e. The van der Waals surface area contributed by atoms with Crippen LogP contribution in [0, 0.1) is 5.92 Å². The second kappa shape index (κ2) is 4.63. The molecule has 3 rings (SSSR count). The van der Waals surface area contributed by atoms with Crippen LogP contribution in [0.25, 0.3) is 0 Å². The number of carbonyl (C=O) groups excluding carboxylic acids is 2. The van der Waals surface area contributed by atoms with Gasteiger partial charge in [0, 0.05) is 13.0 Å². The fraction of sp³-hybridized carbons (Fsp3) is 0.429. The monoisotopic (exact) mass is 323 g/mol. The van der Waals surface area contributed by atoms with Gasteiger partial charge in [0.1, 0.15) is 11.8 Å². The first-order valence-electron chi connectivity index (χ1n) is 6.22. The molecule has 0 radical (unpaired) electrons. The third-order valence-corrected chi connectivity index (χ3v) is 5.02. The minimum atomic E-state index is -0.292. The van der Waals surface area contributed by atoms with Gasteiger partial charge in [0.15, 0.2) is 5.78 Å². The maximum atomic E-state index is 12.2. The molecule has 0 N–H and O–H groups in total. The highest BCUT2D eigenvalue weighted by Gasteiger charge is 2.56. The fourth-order valence-corrected chi connectivity index (χ4v) is 3.86. The van der Waals surface area contributed by atoms with Crippen LogP contribution in [0.4, 0.5) is 0 Å². The number of hydrogen-bond acceptors (Lipinski definition) is 3. The number of rotatable bonds is 3. The maximum Gasteiger partial charge on any atom is 0.228 e. The summed E-state index contributed by atoms with van der Waals surface area (Å²) in [5, 5.41) is 0. The molecule has 2 fully saturated rings. The lowest BCUT2D eigenvalue weighted by atomic mass is 10.1. The number of benzene rings is 1. The molecule has 0 spiro atoms. The van der Waals surface area contributed by atoms with Crippen molar-refractivity contribution in [1.82, 2.24) is 4.90 Å². The van der Waals surface area contributed by atoms with Crippen LogP contribution < -0.4 is 4.74 Å². The number of likely N-dealkylation sites (tertiary alicyclic amines) is 1. The number of ketones is 1. The zero-order valence-corrected chi connectivity index (χ0v) is 12.1. The van der Waals surface area contributed by atoms with E-state index in [1.807, 2.05) is 24.3 Å². The summed E-state index contributed by atoms with van der Waals surface area (Å²) in [5.41, 5.74) is 1.01. The number of halogens is 1. The van der Waals surface area contributed by atoms with E-state index >= 15 is 0 Å². The van der Waals surface area contributed by atoms with Crippen molar-refractivity contribution in [3.8, 4) is 5.75 Å². The molecule has 1 amide bonds. The topological polar surface area (TPSA) is 46.6 Å². The number of alkyl halides is 1. The Balaban J connectivity index is 1.79. The number of ether oxygens (including phenoxy) is 1. The van der Waals surface area contributed by atoms with Gasteiger partial charge in [-0.1, -0.05) is 28.1 Å². The molecule has 3 atom stereocenters. The standard InChI is InChI=1S/C14H14BrNO3/c1-19-9-4-2-8(3-5-9)7-16-13-11(17)6-10(12(13)15)14(16)18/h2-5,10,12-13H,6-7H2,1H3/t10-,12-,13+/m1/s1. The molecule has 2 aliphatic rings. The Labute approximate surface area is 119 Å². The molecular weight excluding hydrogens is 310 g/mol. The third-order valence-electron chi connectivity index (χ3n) is 3.89. The molecule has 19 heavy (non-hydrogen) atoms. The number of amides is 1. The number of Topliss-reactive ketones (excluding diaryl/α,β-unsaturated/α-hetero) is 1. The first kappa shape index (κ1) is 12.7. The van der Waals surface area contributed by atoms with Gasteiger partial charge in [-0.15, -0.1) is 0 Å². The summed E-state index contributed by atoms with van der Waals surface area (Å²) >= 11 is 3.49. The van der Waals surface area contributed by atoms with Crippen LogP contribution >= 0.6 is 15.9 Å². The van der Waals surface area contributed by atoms with E-state index in [1.54, 1.807) is 12.0 Å². The van der Waals surface area contributed by atoms with Gasteiger partial charge in [-0.3, -0.25) is 9.59 Å². The van der Waals surface area contributed by atoms with Gasteiger partial charge in [0.25, 0.3) is 0 Å². The van der Waals surface area contributed by atoms with E-state index in [4.69, 9.17) is 4.74 Å². The van der Waals surface area contributed by atoms with Gasteiger partial charge in [-0.05, 0) is 17.7 Å². The van der Waals surface area contributed by atoms with E-state index < -0.39 is 0 Å². The molecule has 1 aliphatic heterocycles. The molecule has 4 nitrogen and oxygen atoms in total. The van der Waals surface area contributed by atoms with Gasteiger partial charge >= 0.3 is 0 Å². The lowest BCUT2D eigenvalue weighted by molar-refractivity contribution is -0.141. The van der Waals surface area contributed by atoms with Crippen LogP contribution in [0.3, 0.4) is 0 Å². The largest absolute Gasteiger partial charge is 0.497 e. The normalized spacial score (nSPS) is 29.2. The van der Waals surface area contributed by atoms with E-state index in [2.05, 4.69) is 15.9 Å². The predicted octanol–water partition coefficient (Wildman–Crippen LogP) is 1.76. The molecule has 0 aromatic heterocycles. The van der Waals surface area contributed by atoms with Crippen molar-refractivity contribution in [2.45, 2.75) is 23.8 Å². The lowest BCUT2D eigenvalue weighted by Gasteiger charge is -2.26. The molecule has 1 heterocycles. The zero-order chi connectivity index (χ0) is 13.6. The van der Waals surface area contributed by atoms with Gasteiger partial charge in [0.2, 0.25) is 5.91 Å². The van der Waals surface area contributed by atoms with Gasteiger partial charge < -0.3 is 9.64 Å². The zero-order valence-electron chi connectivity index (χ0n) is 10.5. The summed E-state index contributed by atoms with van der Waals surface area (Å²) in [5.74, 6) is 0.866. The number of nitrogens with zero attached hydrogens (tertiary/aromatic N) is 1. The average molecular weight is 324 g/mol. The number of carbonyl (C=O) groups is 2. The Hall–Kier alpha value is -1.36. The molecule has 0 unspecified atom stereocenters. The summed E-state index contributed by atoms with van der Waals surface area (Å²) in [6.45, 7) is 0.484. The number of fused-ring (bicyclic) bond motifs is 2. The number of piperidine rings is 1. The Morgan fingerprint density at radius 2 is 2.00 bits per heavy atom. The van der Waals surface area contributed by atoms with Crippen LogP contribution in [0.2, 0.25) is 0 Å². The molecule has 2 bridgehead atoms. The first-order valence-corrected chi connectivity index (χ1v) is 7.13. The van der Waals surface area contributed by atoms with Crippen molar-refractivity contribution in [3.05, 3.63) is 29.8 Å². The maximum absolute atomic E-state index is 12.2. The predicted molar refractivity (Wildman–Crippen MR) is 73.2 cm³/mol. The van der Waals surface area contributed by atoms with Crippen molar-refractivity contribution >= 4 is 27.6 Å². The molecule has 1 saturated carbocycles. The van der Waals surface area contributed by atoms with Crippen LogP contribution in [-0.2, 0) is 16.1 Å². The van der Waals surface area contributed by atoms with E-state index in [0.717, 1.165) is 11.3 Å². The first-order chi connectivity index (χ1) is 9.11. The van der Waals surface area contributed by atoms with Crippen LogP contribution in [0.1, 0.15) is 12.0 Å². The average Bonchev–Trinajstić information content (AvgIpc) is 2.82. The summed E-state index contributed by atoms with van der Waals surface area (Å²) in [6.07, 6.45) is 0.387. The second-order valence-electron chi connectivity index (χ2n) is 4.98. The molecular formula is C14H14BrNO3. The molecule has 1 saturated heterocycles. The SMILES string of the molecule is COc1ccc(CN2C(=O)[C@@H]3CC(=O)[C@H]2[C@@H]3Br)cc1. The van der Waals surface area contributed by atoms with E-state index in [1.165, 1.54) is 0 Å². The lowest BCUT2D eigenvalue weighted by Crippen LogP contribution is -2.42. The molecule has 100 valence electrons. The molecule has 5 heteroatoms. The number of methoxy groups -OCH3 is 1. The minimum Gasteiger partial charge on any atom is -0.497 e. The van der Waals surface area contributed by atoms with Gasteiger partial charge in [-0.25, -0.2) is 0 Å². The van der Waals surface area contributed by atoms with E-state index in [9.17, 15) is 9.59 Å². The number of hydrogen-bond donors (Lipinski definition) is 0. The highest BCUT2D eigenvalue weighted by molar-refractivity contribution is 9.09. The van der Waals surface area contributed by atoms with E-state index in [0.29, 0.717) is 13.0 Å². The van der Waals surface area contributed by atoms with Gasteiger partial charge in [0.05, 0.1) is 17.9 Å². The minimum absolute atomic E-state index is 0.0225. The molecule has 1 aliphatic carbocycles. The van der Waals surface area contributed by atoms with Crippen molar-refractivity contribution in [1.29, 1.82) is 0 Å². The summed E-state index contributed by atoms with van der Waals surface area (Å²) in [6, 6.07) is 7.28. The van der Waals surface area contributed by atoms with Crippen molar-refractivity contribution in [2.24, 2.45) is 5.92 Å². The van der Waals surface area contributed by atoms with Crippen LogP contribution in [-0.4, -0.2) is 34.6 Å².